The van der Waals surface area contributed by atoms with Gasteiger partial charge in [0.2, 0.25) is 5.91 Å². The Hall–Kier alpha value is -4.12. The van der Waals surface area contributed by atoms with Gasteiger partial charge in [-0.1, -0.05) is 6.07 Å². The molecule has 2 aromatic carbocycles. The first-order valence-electron chi connectivity index (χ1n) is 10.0. The van der Waals surface area contributed by atoms with Crippen molar-refractivity contribution in [2.75, 3.05) is 11.9 Å². The molecular formula is C22H16N4O6S. The smallest absolute Gasteiger partial charge is 0.282 e. The number of nitrogens with one attached hydrogen (secondary N) is 1. The molecule has 1 N–H and O–H groups in total. The van der Waals surface area contributed by atoms with Gasteiger partial charge in [-0.25, -0.2) is 4.98 Å². The van der Waals surface area contributed by atoms with E-state index in [1.807, 2.05) is 18.2 Å². The van der Waals surface area contributed by atoms with Gasteiger partial charge < -0.3 is 10.1 Å². The fourth-order valence-corrected chi connectivity index (χ4v) is 4.65. The summed E-state index contributed by atoms with van der Waals surface area (Å²) in [5.74, 6) is -1.39. The molecule has 11 heteroatoms. The van der Waals surface area contributed by atoms with Gasteiger partial charge >= 0.3 is 0 Å². The number of amides is 3. The fourth-order valence-electron chi connectivity index (χ4n) is 3.93. The number of aromatic nitrogens is 1. The van der Waals surface area contributed by atoms with Gasteiger partial charge in [0.25, 0.3) is 17.5 Å². The van der Waals surface area contributed by atoms with Crippen molar-refractivity contribution in [3.05, 3.63) is 68.6 Å². The van der Waals surface area contributed by atoms with Gasteiger partial charge in [-0.05, 0) is 36.8 Å². The molecule has 1 aromatic heterocycles. The minimum Gasteiger partial charge on any atom is -0.493 e. The number of nitro benzene ring substituents is 1. The average molecular weight is 464 g/mol. The van der Waals surface area contributed by atoms with E-state index >= 15 is 0 Å². The van der Waals surface area contributed by atoms with Crippen LogP contribution in [-0.2, 0) is 11.2 Å². The zero-order valence-corrected chi connectivity index (χ0v) is 18.0. The summed E-state index contributed by atoms with van der Waals surface area (Å²) in [4.78, 5) is 54.1. The average Bonchev–Trinajstić information content (AvgIpc) is 3.51. The molecule has 0 bridgehead atoms. The molecule has 0 aliphatic carbocycles. The Balaban J connectivity index is 1.34. The van der Waals surface area contributed by atoms with Crippen molar-refractivity contribution in [1.82, 2.24) is 9.88 Å². The third-order valence-corrected chi connectivity index (χ3v) is 6.37. The van der Waals surface area contributed by atoms with Gasteiger partial charge in [0.15, 0.2) is 5.13 Å². The van der Waals surface area contributed by atoms with Gasteiger partial charge in [0, 0.05) is 23.4 Å². The molecule has 0 spiro atoms. The van der Waals surface area contributed by atoms with Crippen LogP contribution in [0.25, 0.3) is 11.3 Å². The predicted molar refractivity (Wildman–Crippen MR) is 118 cm³/mol. The number of thiazole rings is 1. The molecule has 3 heterocycles. The van der Waals surface area contributed by atoms with Crippen LogP contribution in [-0.4, -0.2) is 45.2 Å². The lowest BCUT2D eigenvalue weighted by Gasteiger charge is -2.20. The number of carbonyl (C=O) groups is 3. The Bertz CT molecular complexity index is 1350. The van der Waals surface area contributed by atoms with Crippen LogP contribution in [0.3, 0.4) is 0 Å². The van der Waals surface area contributed by atoms with E-state index in [0.29, 0.717) is 17.4 Å². The summed E-state index contributed by atoms with van der Waals surface area (Å²) in [6.07, 6.45) is 0.826. The summed E-state index contributed by atoms with van der Waals surface area (Å²) in [6, 6.07) is 8.40. The molecule has 33 heavy (non-hydrogen) atoms. The standard InChI is InChI=1S/C22H16N4O6S/c1-11(25-20(28)14-3-2-4-16(26(30)31)18(14)21(25)29)19(27)24-22-23-15(10-33-22)12-5-6-17-13(9-12)7-8-32-17/h2-6,9-11H,7-8H2,1H3,(H,23,24,27)/t11-/m0/s1. The largest absolute Gasteiger partial charge is 0.493 e. The molecule has 2 aliphatic heterocycles. The number of fused-ring (bicyclic) bond motifs is 2. The number of anilines is 1. The van der Waals surface area contributed by atoms with Gasteiger partial charge in [0.05, 0.1) is 22.8 Å². The zero-order chi connectivity index (χ0) is 23.3. The first-order chi connectivity index (χ1) is 15.8. The highest BCUT2D eigenvalue weighted by Crippen LogP contribution is 2.34. The van der Waals surface area contributed by atoms with Crippen molar-refractivity contribution in [2.24, 2.45) is 0 Å². The topological polar surface area (TPSA) is 132 Å². The zero-order valence-electron chi connectivity index (χ0n) is 17.2. The number of rotatable bonds is 5. The van der Waals surface area contributed by atoms with Crippen LogP contribution >= 0.6 is 11.3 Å². The van der Waals surface area contributed by atoms with E-state index in [0.717, 1.165) is 34.3 Å². The lowest BCUT2D eigenvalue weighted by atomic mass is 10.1. The number of imide groups is 1. The summed E-state index contributed by atoms with van der Waals surface area (Å²) >= 11 is 1.21. The van der Waals surface area contributed by atoms with E-state index in [-0.39, 0.29) is 11.1 Å². The quantitative estimate of drug-likeness (QED) is 0.348. The molecule has 166 valence electrons. The third kappa shape index (κ3) is 3.42. The predicted octanol–water partition coefficient (Wildman–Crippen LogP) is 3.28. The van der Waals surface area contributed by atoms with Crippen molar-refractivity contribution in [1.29, 1.82) is 0 Å². The second-order valence-electron chi connectivity index (χ2n) is 7.56. The van der Waals surface area contributed by atoms with E-state index in [1.54, 1.807) is 5.38 Å². The van der Waals surface area contributed by atoms with Gasteiger partial charge in [0.1, 0.15) is 17.4 Å². The van der Waals surface area contributed by atoms with Crippen molar-refractivity contribution >= 4 is 39.9 Å². The van der Waals surface area contributed by atoms with Gasteiger partial charge in [-0.3, -0.25) is 29.4 Å². The fraction of sp³-hybridized carbons (Fsp3) is 0.182. The summed E-state index contributed by atoms with van der Waals surface area (Å²) in [6.45, 7) is 2.04. The number of nitro groups is 1. The molecule has 2 aliphatic rings. The molecule has 10 nitrogen and oxygen atoms in total. The summed E-state index contributed by atoms with van der Waals surface area (Å²) in [7, 11) is 0. The molecule has 0 saturated heterocycles. The highest BCUT2D eigenvalue weighted by atomic mass is 32.1. The first kappa shape index (κ1) is 20.8. The maximum atomic E-state index is 12.8. The summed E-state index contributed by atoms with van der Waals surface area (Å²) in [5, 5.41) is 16.0. The maximum absolute atomic E-state index is 12.8. The van der Waals surface area contributed by atoms with Crippen molar-refractivity contribution in [3.63, 3.8) is 0 Å². The Labute approximate surface area is 191 Å². The highest BCUT2D eigenvalue weighted by molar-refractivity contribution is 7.14. The van der Waals surface area contributed by atoms with Gasteiger partial charge in [-0.15, -0.1) is 11.3 Å². The van der Waals surface area contributed by atoms with Crippen LogP contribution < -0.4 is 10.1 Å². The number of nitrogens with zero attached hydrogens (tertiary/aromatic N) is 3. The molecule has 0 fully saturated rings. The molecule has 0 saturated carbocycles. The first-order valence-corrected chi connectivity index (χ1v) is 10.9. The molecule has 5 rings (SSSR count). The third-order valence-electron chi connectivity index (χ3n) is 5.61. The van der Waals surface area contributed by atoms with Crippen LogP contribution in [0.1, 0.15) is 33.2 Å². The molecular weight excluding hydrogens is 448 g/mol. The molecule has 3 amide bonds. The SMILES string of the molecule is C[C@@H](C(=O)Nc1nc(-c2ccc3c(c2)CCO3)cs1)N1C(=O)c2cccc([N+](=O)[O-])c2C1=O. The van der Waals surface area contributed by atoms with Crippen LogP contribution in [0.2, 0.25) is 0 Å². The van der Waals surface area contributed by atoms with Crippen molar-refractivity contribution in [2.45, 2.75) is 19.4 Å². The van der Waals surface area contributed by atoms with Crippen LogP contribution in [0, 0.1) is 10.1 Å². The molecule has 3 aromatic rings. The second kappa shape index (κ2) is 7.78. The van der Waals surface area contributed by atoms with Crippen LogP contribution in [0.5, 0.6) is 5.75 Å². The Morgan fingerprint density at radius 2 is 2.09 bits per heavy atom. The van der Waals surface area contributed by atoms with Crippen molar-refractivity contribution in [3.8, 4) is 17.0 Å². The van der Waals surface area contributed by atoms with E-state index in [2.05, 4.69) is 10.3 Å². The minimum atomic E-state index is -1.19. The maximum Gasteiger partial charge on any atom is 0.282 e. The number of carbonyl (C=O) groups excluding carboxylic acids is 3. The molecule has 0 radical (unpaired) electrons. The highest BCUT2D eigenvalue weighted by Gasteiger charge is 2.45. The Morgan fingerprint density at radius 3 is 2.88 bits per heavy atom. The normalized spacial score (nSPS) is 15.1. The van der Waals surface area contributed by atoms with E-state index in [9.17, 15) is 24.5 Å². The van der Waals surface area contributed by atoms with E-state index in [1.165, 1.54) is 30.4 Å². The van der Waals surface area contributed by atoms with Crippen LogP contribution in [0.15, 0.2) is 41.8 Å². The lowest BCUT2D eigenvalue weighted by molar-refractivity contribution is -0.385. The van der Waals surface area contributed by atoms with E-state index in [4.69, 9.17) is 4.74 Å². The Morgan fingerprint density at radius 1 is 1.27 bits per heavy atom. The van der Waals surface area contributed by atoms with E-state index < -0.39 is 34.4 Å². The number of benzene rings is 2. The van der Waals surface area contributed by atoms with Gasteiger partial charge in [-0.2, -0.15) is 0 Å². The summed E-state index contributed by atoms with van der Waals surface area (Å²) in [5.41, 5.74) is 1.80. The van der Waals surface area contributed by atoms with Crippen molar-refractivity contribution < 1.29 is 24.0 Å². The number of hydrogen-bond acceptors (Lipinski definition) is 8. The number of ether oxygens (including phenoxy) is 1. The second-order valence-corrected chi connectivity index (χ2v) is 8.42. The monoisotopic (exact) mass is 464 g/mol. The minimum absolute atomic E-state index is 0.0917. The lowest BCUT2D eigenvalue weighted by Crippen LogP contribution is -2.45. The van der Waals surface area contributed by atoms with Crippen LogP contribution in [0.4, 0.5) is 10.8 Å². The number of hydrogen-bond donors (Lipinski definition) is 1. The molecule has 1 atom stereocenters. The summed E-state index contributed by atoms with van der Waals surface area (Å²) < 4.78 is 5.51. The Kier molecular flexibility index (Phi) is 4.90. The molecule has 0 unspecified atom stereocenters.